The zero-order valence-electron chi connectivity index (χ0n) is 14.8. The number of nitrogens with two attached hydrogens (primary N) is 1. The molecule has 0 aliphatic heterocycles. The second-order valence-electron chi connectivity index (χ2n) is 6.72. The fourth-order valence-electron chi connectivity index (χ4n) is 2.14. The molecule has 134 valence electrons. The van der Waals surface area contributed by atoms with E-state index in [4.69, 9.17) is 26.8 Å². The summed E-state index contributed by atoms with van der Waals surface area (Å²) in [5.74, 6) is 1.08. The Hall–Kier alpha value is -2.40. The number of hydrogen-bond donors (Lipinski definition) is 2. The Kier molecular flexibility index (Phi) is 5.80. The molecule has 0 saturated heterocycles. The molecule has 0 heterocycles. The zero-order chi connectivity index (χ0) is 18.6. The number of ether oxygens (including phenoxy) is 2. The quantitative estimate of drug-likeness (QED) is 0.724. The third-order valence-electron chi connectivity index (χ3n) is 3.29. The monoisotopic (exact) mass is 362 g/mol. The number of amides is 1. The van der Waals surface area contributed by atoms with Gasteiger partial charge in [0.1, 0.15) is 11.4 Å². The van der Waals surface area contributed by atoms with Crippen LogP contribution in [-0.2, 0) is 4.74 Å². The Labute approximate surface area is 153 Å². The molecular formula is C19H23ClN2O3. The van der Waals surface area contributed by atoms with E-state index in [1.165, 1.54) is 0 Å². The molecule has 0 aliphatic carbocycles. The molecule has 2 rings (SSSR count). The molecule has 1 atom stereocenters. The number of carbonyl (C=O) groups excluding carboxylic acids is 1. The van der Waals surface area contributed by atoms with Gasteiger partial charge in [0, 0.05) is 11.1 Å². The summed E-state index contributed by atoms with van der Waals surface area (Å²) < 4.78 is 11.1. The van der Waals surface area contributed by atoms with Crippen molar-refractivity contribution >= 4 is 23.4 Å². The molecule has 0 aromatic heterocycles. The fourth-order valence-corrected chi connectivity index (χ4v) is 2.30. The molecule has 25 heavy (non-hydrogen) atoms. The van der Waals surface area contributed by atoms with E-state index in [-0.39, 0.29) is 6.04 Å². The van der Waals surface area contributed by atoms with Gasteiger partial charge in [0.05, 0.1) is 11.7 Å². The molecule has 0 aliphatic rings. The van der Waals surface area contributed by atoms with Crippen LogP contribution in [0, 0.1) is 0 Å². The lowest BCUT2D eigenvalue weighted by molar-refractivity contribution is 0.0508. The van der Waals surface area contributed by atoms with Crippen LogP contribution < -0.4 is 15.8 Å². The summed E-state index contributed by atoms with van der Waals surface area (Å²) in [6.45, 7) is 7.33. The number of halogens is 1. The van der Waals surface area contributed by atoms with Crippen molar-refractivity contribution in [2.45, 2.75) is 39.3 Å². The molecule has 2 aromatic rings. The molecule has 0 fully saturated rings. The van der Waals surface area contributed by atoms with Gasteiger partial charge in [-0.2, -0.15) is 0 Å². The van der Waals surface area contributed by atoms with Gasteiger partial charge in [-0.1, -0.05) is 23.7 Å². The van der Waals surface area contributed by atoms with E-state index in [1.54, 1.807) is 18.2 Å². The summed E-state index contributed by atoms with van der Waals surface area (Å²) in [4.78, 5) is 11.9. The van der Waals surface area contributed by atoms with E-state index >= 15 is 0 Å². The Morgan fingerprint density at radius 1 is 1.20 bits per heavy atom. The first-order chi connectivity index (χ1) is 11.6. The van der Waals surface area contributed by atoms with Gasteiger partial charge >= 0.3 is 6.09 Å². The van der Waals surface area contributed by atoms with Crippen LogP contribution in [0.5, 0.6) is 11.5 Å². The SMILES string of the molecule is C[C@H](NC(=O)OC(C)(C)C)c1cccc(Oc2cc(Cl)ccc2N)c1. The first-order valence-electron chi connectivity index (χ1n) is 7.96. The van der Waals surface area contributed by atoms with E-state index in [2.05, 4.69) is 5.32 Å². The maximum absolute atomic E-state index is 11.9. The molecule has 2 aromatic carbocycles. The van der Waals surface area contributed by atoms with Gasteiger partial charge < -0.3 is 20.5 Å². The van der Waals surface area contributed by atoms with Gasteiger partial charge in [0.15, 0.2) is 5.75 Å². The minimum absolute atomic E-state index is 0.241. The third kappa shape index (κ3) is 5.87. The van der Waals surface area contributed by atoms with Crippen LogP contribution in [-0.4, -0.2) is 11.7 Å². The highest BCUT2D eigenvalue weighted by atomic mass is 35.5. The molecule has 0 spiro atoms. The third-order valence-corrected chi connectivity index (χ3v) is 3.53. The number of rotatable bonds is 4. The number of hydrogen-bond acceptors (Lipinski definition) is 4. The number of alkyl carbamates (subject to hydrolysis) is 1. The largest absolute Gasteiger partial charge is 0.455 e. The van der Waals surface area contributed by atoms with Crippen LogP contribution in [0.1, 0.15) is 39.3 Å². The predicted molar refractivity (Wildman–Crippen MR) is 100 cm³/mol. The van der Waals surface area contributed by atoms with Crippen molar-refractivity contribution in [2.75, 3.05) is 5.73 Å². The van der Waals surface area contributed by atoms with Crippen LogP contribution in [0.2, 0.25) is 5.02 Å². The average Bonchev–Trinajstić information content (AvgIpc) is 2.49. The summed E-state index contributed by atoms with van der Waals surface area (Å²) >= 11 is 5.98. The lowest BCUT2D eigenvalue weighted by Gasteiger charge is -2.22. The highest BCUT2D eigenvalue weighted by Gasteiger charge is 2.18. The van der Waals surface area contributed by atoms with Crippen LogP contribution in [0.15, 0.2) is 42.5 Å². The second-order valence-corrected chi connectivity index (χ2v) is 7.16. The van der Waals surface area contributed by atoms with Crippen LogP contribution in [0.4, 0.5) is 10.5 Å². The Bertz CT molecular complexity index is 757. The Morgan fingerprint density at radius 2 is 1.92 bits per heavy atom. The van der Waals surface area contributed by atoms with Gasteiger partial charge in [-0.05, 0) is 57.5 Å². The summed E-state index contributed by atoms with van der Waals surface area (Å²) in [7, 11) is 0. The summed E-state index contributed by atoms with van der Waals surface area (Å²) in [6.07, 6.45) is -0.467. The summed E-state index contributed by atoms with van der Waals surface area (Å²) in [6, 6.07) is 12.2. The highest BCUT2D eigenvalue weighted by Crippen LogP contribution is 2.31. The second kappa shape index (κ2) is 7.66. The molecule has 6 heteroatoms. The number of benzene rings is 2. The zero-order valence-corrected chi connectivity index (χ0v) is 15.6. The highest BCUT2D eigenvalue weighted by molar-refractivity contribution is 6.30. The van der Waals surface area contributed by atoms with Crippen molar-refractivity contribution in [3.8, 4) is 11.5 Å². The Morgan fingerprint density at radius 3 is 2.60 bits per heavy atom. The first-order valence-corrected chi connectivity index (χ1v) is 8.34. The molecule has 0 unspecified atom stereocenters. The van der Waals surface area contributed by atoms with Gasteiger partial charge in [-0.3, -0.25) is 0 Å². The lowest BCUT2D eigenvalue weighted by Crippen LogP contribution is -2.34. The van der Waals surface area contributed by atoms with Crippen LogP contribution in [0.3, 0.4) is 0 Å². The van der Waals surface area contributed by atoms with Crippen molar-refractivity contribution < 1.29 is 14.3 Å². The molecule has 0 saturated carbocycles. The van der Waals surface area contributed by atoms with E-state index in [1.807, 2.05) is 52.0 Å². The minimum Gasteiger partial charge on any atom is -0.455 e. The van der Waals surface area contributed by atoms with Gasteiger partial charge in [-0.15, -0.1) is 0 Å². The van der Waals surface area contributed by atoms with Crippen molar-refractivity contribution in [3.05, 3.63) is 53.1 Å². The molecule has 3 N–H and O–H groups in total. The van der Waals surface area contributed by atoms with Gasteiger partial charge in [0.2, 0.25) is 0 Å². The normalized spacial score (nSPS) is 12.4. The molecular weight excluding hydrogens is 340 g/mol. The van der Waals surface area contributed by atoms with Crippen molar-refractivity contribution in [2.24, 2.45) is 0 Å². The standard InChI is InChI=1S/C19H23ClN2O3/c1-12(22-18(23)25-19(2,3)4)13-6-5-7-15(10-13)24-17-11-14(20)8-9-16(17)21/h5-12H,21H2,1-4H3,(H,22,23)/t12-/m0/s1. The first kappa shape index (κ1) is 18.9. The number of nitrogens with one attached hydrogen (secondary N) is 1. The lowest BCUT2D eigenvalue weighted by atomic mass is 10.1. The maximum atomic E-state index is 11.9. The van der Waals surface area contributed by atoms with Crippen LogP contribution >= 0.6 is 11.6 Å². The maximum Gasteiger partial charge on any atom is 0.408 e. The summed E-state index contributed by atoms with van der Waals surface area (Å²) in [5, 5.41) is 3.34. The van der Waals surface area contributed by atoms with E-state index in [0.29, 0.717) is 22.2 Å². The van der Waals surface area contributed by atoms with Gasteiger partial charge in [-0.25, -0.2) is 4.79 Å². The smallest absolute Gasteiger partial charge is 0.408 e. The molecule has 1 amide bonds. The van der Waals surface area contributed by atoms with E-state index < -0.39 is 11.7 Å². The molecule has 5 nitrogen and oxygen atoms in total. The van der Waals surface area contributed by atoms with Gasteiger partial charge in [0.25, 0.3) is 0 Å². The van der Waals surface area contributed by atoms with Crippen LogP contribution in [0.25, 0.3) is 0 Å². The molecule has 0 bridgehead atoms. The average molecular weight is 363 g/mol. The minimum atomic E-state index is -0.543. The topological polar surface area (TPSA) is 73.6 Å². The predicted octanol–water partition coefficient (Wildman–Crippen LogP) is 5.30. The van der Waals surface area contributed by atoms with Crippen molar-refractivity contribution in [1.29, 1.82) is 0 Å². The Balaban J connectivity index is 2.10. The van der Waals surface area contributed by atoms with E-state index in [9.17, 15) is 4.79 Å². The van der Waals surface area contributed by atoms with Crippen molar-refractivity contribution in [1.82, 2.24) is 5.32 Å². The summed E-state index contributed by atoms with van der Waals surface area (Å²) in [5.41, 5.74) is 6.73. The molecule has 0 radical (unpaired) electrons. The fraction of sp³-hybridized carbons (Fsp3) is 0.316. The van der Waals surface area contributed by atoms with Crippen molar-refractivity contribution in [3.63, 3.8) is 0 Å². The van der Waals surface area contributed by atoms with E-state index in [0.717, 1.165) is 5.56 Å². The number of anilines is 1. The number of carbonyl (C=O) groups is 1. The number of nitrogen functional groups attached to an aromatic ring is 1.